The molecule has 0 aromatic heterocycles. The molecule has 0 rings (SSSR count). The summed E-state index contributed by atoms with van der Waals surface area (Å²) in [5.41, 5.74) is 0. The lowest BCUT2D eigenvalue weighted by molar-refractivity contribution is -0.128. The van der Waals surface area contributed by atoms with Gasteiger partial charge in [-0.3, -0.25) is 14.5 Å². The molecule has 0 spiro atoms. The summed E-state index contributed by atoms with van der Waals surface area (Å²) in [6, 6.07) is -0.553. The zero-order valence-electron chi connectivity index (χ0n) is 10.7. The number of nitrogens with zero attached hydrogens (tertiary/aromatic N) is 1. The van der Waals surface area contributed by atoms with Gasteiger partial charge in [0.15, 0.2) is 5.78 Å². The van der Waals surface area contributed by atoms with Crippen molar-refractivity contribution in [3.63, 3.8) is 0 Å². The van der Waals surface area contributed by atoms with Gasteiger partial charge in [0.2, 0.25) is 5.91 Å². The first-order chi connectivity index (χ1) is 7.73. The van der Waals surface area contributed by atoms with E-state index in [1.807, 2.05) is 13.8 Å². The average Bonchev–Trinajstić information content (AvgIpc) is 2.11. The van der Waals surface area contributed by atoms with Crippen LogP contribution in [0.15, 0.2) is 0 Å². The van der Waals surface area contributed by atoms with Crippen LogP contribution in [0.25, 0.3) is 0 Å². The molecule has 0 aliphatic heterocycles. The summed E-state index contributed by atoms with van der Waals surface area (Å²) in [5.74, 6) is -0.566. The van der Waals surface area contributed by atoms with E-state index in [0.29, 0.717) is 0 Å². The molecule has 1 unspecified atom stereocenters. The van der Waals surface area contributed by atoms with Crippen molar-refractivity contribution in [3.8, 4) is 0 Å². The van der Waals surface area contributed by atoms with Crippen LogP contribution in [0.3, 0.4) is 0 Å². The van der Waals surface area contributed by atoms with Gasteiger partial charge in [-0.05, 0) is 19.9 Å². The number of nitrogens with one attached hydrogen (secondary N) is 1. The van der Waals surface area contributed by atoms with Crippen LogP contribution in [0.1, 0.15) is 20.8 Å². The third-order valence-electron chi connectivity index (χ3n) is 2.28. The van der Waals surface area contributed by atoms with Crippen molar-refractivity contribution >= 4 is 11.7 Å². The van der Waals surface area contributed by atoms with E-state index in [4.69, 9.17) is 0 Å². The van der Waals surface area contributed by atoms with Crippen molar-refractivity contribution < 1.29 is 18.4 Å². The van der Waals surface area contributed by atoms with E-state index in [1.165, 1.54) is 18.9 Å². The van der Waals surface area contributed by atoms with Crippen LogP contribution >= 0.6 is 0 Å². The minimum absolute atomic E-state index is 0.0168. The molecule has 4 nitrogen and oxygen atoms in total. The highest BCUT2D eigenvalue weighted by atomic mass is 19.3. The lowest BCUT2D eigenvalue weighted by Crippen LogP contribution is -2.47. The van der Waals surface area contributed by atoms with Crippen LogP contribution in [-0.4, -0.2) is 49.2 Å². The Morgan fingerprint density at radius 2 is 1.82 bits per heavy atom. The maximum Gasteiger partial charge on any atom is 0.251 e. The van der Waals surface area contributed by atoms with E-state index >= 15 is 0 Å². The maximum absolute atomic E-state index is 12.0. The highest BCUT2D eigenvalue weighted by molar-refractivity contribution is 5.88. The van der Waals surface area contributed by atoms with Crippen molar-refractivity contribution in [1.29, 1.82) is 0 Å². The SMILES string of the molecule is CC(=O)C(NC(=O)CN(C)CC(F)F)C(C)C. The quantitative estimate of drug-likeness (QED) is 0.730. The van der Waals surface area contributed by atoms with Gasteiger partial charge >= 0.3 is 0 Å². The van der Waals surface area contributed by atoms with Gasteiger partial charge in [-0.2, -0.15) is 0 Å². The summed E-state index contributed by atoms with van der Waals surface area (Å²) in [6.45, 7) is 4.43. The Morgan fingerprint density at radius 1 is 1.29 bits per heavy atom. The number of ketones is 1. The molecule has 17 heavy (non-hydrogen) atoms. The number of alkyl halides is 2. The molecule has 100 valence electrons. The van der Waals surface area contributed by atoms with Gasteiger partial charge in [-0.1, -0.05) is 13.8 Å². The number of carbonyl (C=O) groups is 2. The van der Waals surface area contributed by atoms with Crippen molar-refractivity contribution in [2.45, 2.75) is 33.2 Å². The molecule has 0 heterocycles. The summed E-state index contributed by atoms with van der Waals surface area (Å²) >= 11 is 0. The summed E-state index contributed by atoms with van der Waals surface area (Å²) in [7, 11) is 1.43. The third-order valence-corrected chi connectivity index (χ3v) is 2.28. The Balaban J connectivity index is 4.19. The smallest absolute Gasteiger partial charge is 0.251 e. The number of carbonyl (C=O) groups excluding carboxylic acids is 2. The number of likely N-dealkylation sites (N-methyl/N-ethyl adjacent to an activating group) is 1. The molecule has 0 bridgehead atoms. The summed E-state index contributed by atoms with van der Waals surface area (Å²) in [5, 5.41) is 2.55. The monoisotopic (exact) mass is 250 g/mol. The maximum atomic E-state index is 12.0. The molecular weight excluding hydrogens is 230 g/mol. The molecule has 0 radical (unpaired) electrons. The van der Waals surface area contributed by atoms with E-state index in [1.54, 1.807) is 0 Å². The number of hydrogen-bond acceptors (Lipinski definition) is 3. The van der Waals surface area contributed by atoms with Crippen LogP contribution in [0.5, 0.6) is 0 Å². The second-order valence-electron chi connectivity index (χ2n) is 4.49. The van der Waals surface area contributed by atoms with Gasteiger partial charge in [0, 0.05) is 0 Å². The van der Waals surface area contributed by atoms with Gasteiger partial charge in [-0.25, -0.2) is 8.78 Å². The Kier molecular flexibility index (Phi) is 6.87. The lowest BCUT2D eigenvalue weighted by Gasteiger charge is -2.21. The minimum Gasteiger partial charge on any atom is -0.345 e. The molecule has 1 atom stereocenters. The lowest BCUT2D eigenvalue weighted by atomic mass is 10.0. The average molecular weight is 250 g/mol. The Labute approximate surface area is 100 Å². The summed E-state index contributed by atoms with van der Waals surface area (Å²) in [4.78, 5) is 24.0. The van der Waals surface area contributed by atoms with Crippen molar-refractivity contribution in [1.82, 2.24) is 10.2 Å². The highest BCUT2D eigenvalue weighted by Gasteiger charge is 2.21. The molecule has 1 N–H and O–H groups in total. The third kappa shape index (κ3) is 6.99. The van der Waals surface area contributed by atoms with Crippen molar-refractivity contribution in [2.24, 2.45) is 5.92 Å². The van der Waals surface area contributed by atoms with Crippen molar-refractivity contribution in [3.05, 3.63) is 0 Å². The zero-order valence-corrected chi connectivity index (χ0v) is 10.7. The molecular formula is C11H20F2N2O2. The van der Waals surface area contributed by atoms with Crippen molar-refractivity contribution in [2.75, 3.05) is 20.1 Å². The molecule has 0 aliphatic rings. The molecule has 6 heteroatoms. The van der Waals surface area contributed by atoms with Crippen LogP contribution in [-0.2, 0) is 9.59 Å². The van der Waals surface area contributed by atoms with E-state index in [0.717, 1.165) is 0 Å². The van der Waals surface area contributed by atoms with E-state index in [9.17, 15) is 18.4 Å². The van der Waals surface area contributed by atoms with Crippen LogP contribution < -0.4 is 5.32 Å². The number of halogens is 2. The molecule has 0 aromatic rings. The molecule has 0 aliphatic carbocycles. The number of rotatable bonds is 7. The molecule has 0 fully saturated rings. The predicted octanol–water partition coefficient (Wildman–Crippen LogP) is 0.913. The fraction of sp³-hybridized carbons (Fsp3) is 0.818. The molecule has 0 saturated heterocycles. The van der Waals surface area contributed by atoms with E-state index < -0.39 is 24.9 Å². The standard InChI is InChI=1S/C11H20F2N2O2/c1-7(2)11(8(3)16)14-10(17)6-15(4)5-9(12)13/h7,9,11H,5-6H2,1-4H3,(H,14,17). The fourth-order valence-electron chi connectivity index (χ4n) is 1.50. The van der Waals surface area contributed by atoms with Gasteiger partial charge in [0.25, 0.3) is 6.43 Å². The van der Waals surface area contributed by atoms with Gasteiger partial charge in [0.05, 0.1) is 19.1 Å². The summed E-state index contributed by atoms with van der Waals surface area (Å²) < 4.78 is 24.1. The Morgan fingerprint density at radius 3 is 2.18 bits per heavy atom. The normalized spacial score (nSPS) is 13.2. The first kappa shape index (κ1) is 16.0. The zero-order chi connectivity index (χ0) is 13.6. The predicted molar refractivity (Wildman–Crippen MR) is 61.0 cm³/mol. The topological polar surface area (TPSA) is 49.4 Å². The van der Waals surface area contributed by atoms with Crippen LogP contribution in [0.4, 0.5) is 8.78 Å². The Bertz CT molecular complexity index is 270. The van der Waals surface area contributed by atoms with E-state index in [-0.39, 0.29) is 18.2 Å². The fourth-order valence-corrected chi connectivity index (χ4v) is 1.50. The number of Topliss-reactive ketones (excluding diaryl/α,β-unsaturated/α-hetero) is 1. The number of amides is 1. The van der Waals surface area contributed by atoms with Gasteiger partial charge in [0.1, 0.15) is 0 Å². The highest BCUT2D eigenvalue weighted by Crippen LogP contribution is 2.03. The van der Waals surface area contributed by atoms with Crippen LogP contribution in [0.2, 0.25) is 0 Å². The Hall–Kier alpha value is -1.04. The van der Waals surface area contributed by atoms with Crippen LogP contribution in [0, 0.1) is 5.92 Å². The number of hydrogen-bond donors (Lipinski definition) is 1. The largest absolute Gasteiger partial charge is 0.345 e. The molecule has 0 aromatic carbocycles. The first-order valence-electron chi connectivity index (χ1n) is 5.50. The van der Waals surface area contributed by atoms with E-state index in [2.05, 4.69) is 5.32 Å². The second-order valence-corrected chi connectivity index (χ2v) is 4.49. The minimum atomic E-state index is -2.47. The molecule has 0 saturated carbocycles. The molecule has 1 amide bonds. The van der Waals surface area contributed by atoms with Gasteiger partial charge < -0.3 is 5.32 Å². The van der Waals surface area contributed by atoms with Gasteiger partial charge in [-0.15, -0.1) is 0 Å². The second kappa shape index (κ2) is 7.32. The summed E-state index contributed by atoms with van der Waals surface area (Å²) in [6.07, 6.45) is -2.47. The first-order valence-corrected chi connectivity index (χ1v) is 5.50.